The maximum Gasteiger partial charge on any atom is 0.326 e. The highest BCUT2D eigenvalue weighted by Gasteiger charge is 2.18. The SMILES string of the molecule is CCCCC(NC(=O)CCOc1ccccc1F)C(=O)O. The molecule has 0 fully saturated rings. The van der Waals surface area contributed by atoms with E-state index < -0.39 is 23.7 Å². The highest BCUT2D eigenvalue weighted by Crippen LogP contribution is 2.15. The zero-order valence-corrected chi connectivity index (χ0v) is 12.0. The summed E-state index contributed by atoms with van der Waals surface area (Å²) in [6.45, 7) is 1.94. The fourth-order valence-electron chi connectivity index (χ4n) is 1.75. The first kappa shape index (κ1) is 16.9. The number of benzene rings is 1. The number of amides is 1. The Kier molecular flexibility index (Phi) is 7.21. The summed E-state index contributed by atoms with van der Waals surface area (Å²) >= 11 is 0. The second-order valence-electron chi connectivity index (χ2n) is 4.63. The van der Waals surface area contributed by atoms with Gasteiger partial charge in [0.1, 0.15) is 6.04 Å². The lowest BCUT2D eigenvalue weighted by molar-refractivity contribution is -0.142. The smallest absolute Gasteiger partial charge is 0.326 e. The summed E-state index contributed by atoms with van der Waals surface area (Å²) in [5.41, 5.74) is 0. The molecule has 2 N–H and O–H groups in total. The molecule has 0 aliphatic rings. The van der Waals surface area contributed by atoms with E-state index in [2.05, 4.69) is 5.32 Å². The number of para-hydroxylation sites is 1. The Morgan fingerprint density at radius 2 is 2.10 bits per heavy atom. The van der Waals surface area contributed by atoms with Crippen molar-refractivity contribution in [2.45, 2.75) is 38.6 Å². The summed E-state index contributed by atoms with van der Waals surface area (Å²) in [5, 5.41) is 11.4. The number of carboxylic acids is 1. The van der Waals surface area contributed by atoms with Crippen molar-refractivity contribution < 1.29 is 23.8 Å². The molecule has 1 unspecified atom stereocenters. The van der Waals surface area contributed by atoms with E-state index in [0.29, 0.717) is 6.42 Å². The predicted molar refractivity (Wildman–Crippen MR) is 75.6 cm³/mol. The number of hydrogen-bond donors (Lipinski definition) is 2. The molecule has 0 heterocycles. The van der Waals surface area contributed by atoms with Gasteiger partial charge in [-0.1, -0.05) is 31.9 Å². The van der Waals surface area contributed by atoms with Crippen LogP contribution in [0.4, 0.5) is 4.39 Å². The van der Waals surface area contributed by atoms with Gasteiger partial charge in [-0.05, 0) is 18.6 Å². The summed E-state index contributed by atoms with van der Waals surface area (Å²) in [7, 11) is 0. The largest absolute Gasteiger partial charge is 0.490 e. The second kappa shape index (κ2) is 8.94. The Morgan fingerprint density at radius 1 is 1.38 bits per heavy atom. The third-order valence-corrected chi connectivity index (χ3v) is 2.90. The Bertz CT molecular complexity index is 478. The van der Waals surface area contributed by atoms with E-state index in [4.69, 9.17) is 9.84 Å². The van der Waals surface area contributed by atoms with Crippen molar-refractivity contribution in [3.05, 3.63) is 30.1 Å². The molecule has 116 valence electrons. The second-order valence-corrected chi connectivity index (χ2v) is 4.63. The first-order chi connectivity index (χ1) is 10.0. The number of carbonyl (C=O) groups is 2. The first-order valence-corrected chi connectivity index (χ1v) is 6.94. The average Bonchev–Trinajstić information content (AvgIpc) is 2.45. The number of aliphatic carboxylic acids is 1. The summed E-state index contributed by atoms with van der Waals surface area (Å²) in [6, 6.07) is 5.02. The molecule has 21 heavy (non-hydrogen) atoms. The van der Waals surface area contributed by atoms with Gasteiger partial charge in [-0.2, -0.15) is 0 Å². The predicted octanol–water partition coefficient (Wildman–Crippen LogP) is 2.35. The third-order valence-electron chi connectivity index (χ3n) is 2.90. The van der Waals surface area contributed by atoms with Gasteiger partial charge in [0, 0.05) is 0 Å². The molecule has 1 atom stereocenters. The van der Waals surface area contributed by atoms with Gasteiger partial charge >= 0.3 is 5.97 Å². The van der Waals surface area contributed by atoms with Crippen LogP contribution in [0.3, 0.4) is 0 Å². The number of nitrogens with one attached hydrogen (secondary N) is 1. The minimum atomic E-state index is -1.05. The molecule has 1 amide bonds. The lowest BCUT2D eigenvalue weighted by atomic mass is 10.1. The molecular formula is C15H20FNO4. The number of unbranched alkanes of at least 4 members (excludes halogenated alkanes) is 1. The normalized spacial score (nSPS) is 11.7. The molecule has 5 nitrogen and oxygen atoms in total. The van der Waals surface area contributed by atoms with Crippen LogP contribution >= 0.6 is 0 Å². The van der Waals surface area contributed by atoms with Crippen molar-refractivity contribution in [2.75, 3.05) is 6.61 Å². The number of halogens is 1. The number of ether oxygens (including phenoxy) is 1. The minimum Gasteiger partial charge on any atom is -0.490 e. The Morgan fingerprint density at radius 3 is 2.71 bits per heavy atom. The van der Waals surface area contributed by atoms with Gasteiger partial charge in [0.2, 0.25) is 5.91 Å². The molecule has 0 saturated carbocycles. The molecule has 1 rings (SSSR count). The van der Waals surface area contributed by atoms with E-state index in [-0.39, 0.29) is 18.8 Å². The van der Waals surface area contributed by atoms with Gasteiger partial charge in [0.15, 0.2) is 11.6 Å². The van der Waals surface area contributed by atoms with Crippen molar-refractivity contribution in [1.29, 1.82) is 0 Å². The van der Waals surface area contributed by atoms with Crippen LogP contribution in [-0.2, 0) is 9.59 Å². The molecule has 0 aliphatic carbocycles. The summed E-state index contributed by atoms with van der Waals surface area (Å²) < 4.78 is 18.4. The summed E-state index contributed by atoms with van der Waals surface area (Å²) in [5.74, 6) is -1.89. The Labute approximate surface area is 123 Å². The van der Waals surface area contributed by atoms with Crippen LogP contribution in [0.2, 0.25) is 0 Å². The van der Waals surface area contributed by atoms with Crippen molar-refractivity contribution in [2.24, 2.45) is 0 Å². The van der Waals surface area contributed by atoms with Crippen LogP contribution in [0.25, 0.3) is 0 Å². The van der Waals surface area contributed by atoms with Gasteiger partial charge < -0.3 is 15.2 Å². The quantitative estimate of drug-likeness (QED) is 0.733. The van der Waals surface area contributed by atoms with E-state index in [1.54, 1.807) is 12.1 Å². The molecule has 0 aromatic heterocycles. The van der Waals surface area contributed by atoms with E-state index in [0.717, 1.165) is 12.8 Å². The monoisotopic (exact) mass is 297 g/mol. The summed E-state index contributed by atoms with van der Waals surface area (Å²) in [6.07, 6.45) is 1.95. The lowest BCUT2D eigenvalue weighted by Crippen LogP contribution is -2.41. The van der Waals surface area contributed by atoms with E-state index in [1.807, 2.05) is 6.92 Å². The van der Waals surface area contributed by atoms with Gasteiger partial charge in [0.25, 0.3) is 0 Å². The van der Waals surface area contributed by atoms with Crippen LogP contribution < -0.4 is 10.1 Å². The average molecular weight is 297 g/mol. The van der Waals surface area contributed by atoms with Crippen molar-refractivity contribution in [3.63, 3.8) is 0 Å². The minimum absolute atomic E-state index is 0.00706. The van der Waals surface area contributed by atoms with Crippen LogP contribution in [0.5, 0.6) is 5.75 Å². The Balaban J connectivity index is 2.36. The third kappa shape index (κ3) is 6.25. The van der Waals surface area contributed by atoms with Gasteiger partial charge in [0.05, 0.1) is 13.0 Å². The zero-order chi connectivity index (χ0) is 15.7. The first-order valence-electron chi connectivity index (χ1n) is 6.94. The maximum atomic E-state index is 13.3. The molecule has 6 heteroatoms. The standard InChI is InChI=1S/C15H20FNO4/c1-2-3-7-12(15(19)20)17-14(18)9-10-21-13-8-5-4-6-11(13)16/h4-6,8,12H,2-3,7,9-10H2,1H3,(H,17,18)(H,19,20). The molecular weight excluding hydrogens is 277 g/mol. The molecule has 0 bridgehead atoms. The number of carbonyl (C=O) groups excluding carboxylic acids is 1. The Hall–Kier alpha value is -2.11. The van der Waals surface area contributed by atoms with Gasteiger partial charge in [-0.15, -0.1) is 0 Å². The van der Waals surface area contributed by atoms with Gasteiger partial charge in [-0.25, -0.2) is 9.18 Å². The number of hydrogen-bond acceptors (Lipinski definition) is 3. The van der Waals surface area contributed by atoms with Crippen molar-refractivity contribution >= 4 is 11.9 Å². The molecule has 0 saturated heterocycles. The fourth-order valence-corrected chi connectivity index (χ4v) is 1.75. The van der Waals surface area contributed by atoms with Crippen LogP contribution in [-0.4, -0.2) is 29.6 Å². The number of rotatable bonds is 9. The van der Waals surface area contributed by atoms with Crippen LogP contribution in [0, 0.1) is 5.82 Å². The highest BCUT2D eigenvalue weighted by molar-refractivity contribution is 5.83. The highest BCUT2D eigenvalue weighted by atomic mass is 19.1. The molecule has 0 aliphatic heterocycles. The molecule has 0 spiro atoms. The molecule has 1 aromatic rings. The lowest BCUT2D eigenvalue weighted by Gasteiger charge is -2.14. The molecule has 1 aromatic carbocycles. The van der Waals surface area contributed by atoms with Crippen molar-refractivity contribution in [1.82, 2.24) is 5.32 Å². The zero-order valence-electron chi connectivity index (χ0n) is 12.0. The summed E-state index contributed by atoms with van der Waals surface area (Å²) in [4.78, 5) is 22.6. The van der Waals surface area contributed by atoms with Crippen molar-refractivity contribution in [3.8, 4) is 5.75 Å². The topological polar surface area (TPSA) is 75.6 Å². The van der Waals surface area contributed by atoms with Gasteiger partial charge in [-0.3, -0.25) is 4.79 Å². The maximum absolute atomic E-state index is 13.3. The molecule has 0 radical (unpaired) electrons. The van der Waals surface area contributed by atoms with Crippen LogP contribution in [0.1, 0.15) is 32.6 Å². The van der Waals surface area contributed by atoms with E-state index in [1.165, 1.54) is 12.1 Å². The fraction of sp³-hybridized carbons (Fsp3) is 0.467. The van der Waals surface area contributed by atoms with Crippen LogP contribution in [0.15, 0.2) is 24.3 Å². The number of carboxylic acid groups (broad SMARTS) is 1. The van der Waals surface area contributed by atoms with E-state index in [9.17, 15) is 14.0 Å². The van der Waals surface area contributed by atoms with E-state index >= 15 is 0 Å².